The average molecular weight is 452 g/mol. The minimum atomic E-state index is -5.19. The highest BCUT2D eigenvalue weighted by molar-refractivity contribution is 6.04. The summed E-state index contributed by atoms with van der Waals surface area (Å²) in [5.41, 5.74) is 7.86. The van der Waals surface area contributed by atoms with Crippen LogP contribution in [0, 0.1) is 0 Å². The highest BCUT2D eigenvalue weighted by atomic mass is 19.4. The summed E-state index contributed by atoms with van der Waals surface area (Å²) in [5.74, 6) is -3.49. The quantitative estimate of drug-likeness (QED) is 0.493. The van der Waals surface area contributed by atoms with Crippen molar-refractivity contribution < 1.29 is 38.3 Å². The van der Waals surface area contributed by atoms with Crippen molar-refractivity contribution >= 4 is 22.8 Å². The van der Waals surface area contributed by atoms with Gasteiger partial charge in [-0.2, -0.15) is 18.3 Å². The van der Waals surface area contributed by atoms with Gasteiger partial charge in [-0.3, -0.25) is 4.79 Å². The predicted octanol–water partition coefficient (Wildman–Crippen LogP) is 0.257. The smallest absolute Gasteiger partial charge is 0.430 e. The molecule has 2 aromatic carbocycles. The topological polar surface area (TPSA) is 138 Å². The minimum Gasteiger partial charge on any atom is -0.542 e. The van der Waals surface area contributed by atoms with Gasteiger partial charge < -0.3 is 26.1 Å². The summed E-state index contributed by atoms with van der Waals surface area (Å²) < 4.78 is 33.3. The molecule has 0 fully saturated rings. The number of hydrogen-bond acceptors (Lipinski definition) is 5. The molecular formula is C21H23F3N4O4. The van der Waals surface area contributed by atoms with Crippen molar-refractivity contribution in [3.05, 3.63) is 59.8 Å². The van der Waals surface area contributed by atoms with Gasteiger partial charge in [-0.25, -0.2) is 4.68 Å². The predicted molar refractivity (Wildman–Crippen MR) is 107 cm³/mol. The van der Waals surface area contributed by atoms with E-state index in [4.69, 9.17) is 15.6 Å². The van der Waals surface area contributed by atoms with Gasteiger partial charge >= 0.3 is 6.18 Å². The highest BCUT2D eigenvalue weighted by Gasteiger charge is 2.28. The number of halogens is 3. The van der Waals surface area contributed by atoms with Gasteiger partial charge in [-0.1, -0.05) is 24.3 Å². The number of hydrogen-bond donors (Lipinski definition) is 3. The van der Waals surface area contributed by atoms with Crippen LogP contribution in [0.5, 0.6) is 0 Å². The van der Waals surface area contributed by atoms with Gasteiger partial charge in [0.25, 0.3) is 5.91 Å². The van der Waals surface area contributed by atoms with Crippen LogP contribution in [0.15, 0.2) is 48.7 Å². The van der Waals surface area contributed by atoms with Crippen LogP contribution in [0.3, 0.4) is 0 Å². The number of nitrogens with two attached hydrogens (primary N) is 2. The number of fused-ring (bicyclic) bond motifs is 1. The standard InChI is InChI=1S/C19H22N4O2.C2HF3O2/c1-19(2,25)12-21-10-13-6-8-15(9-7-13)23-11-14-4-3-5-16(18(20)24)17(14)22-23;3-2(4,5)1(6)7/h3-9,11,21,25H,10,12H2,1-2H3,(H2,20,24);(H,6,7). The number of aromatic nitrogens is 2. The first kappa shape index (κ1) is 24.8. The number of alkyl halides is 3. The minimum absolute atomic E-state index is 0.425. The number of rotatable bonds is 6. The third kappa shape index (κ3) is 7.06. The van der Waals surface area contributed by atoms with Gasteiger partial charge in [0.15, 0.2) is 0 Å². The summed E-state index contributed by atoms with van der Waals surface area (Å²) in [6.07, 6.45) is -3.31. The number of aliphatic carboxylic acids is 1. The van der Waals surface area contributed by atoms with Crippen LogP contribution in [-0.4, -0.2) is 45.1 Å². The fourth-order valence-corrected chi connectivity index (χ4v) is 2.75. The zero-order valence-corrected chi connectivity index (χ0v) is 17.4. The number of carbonyl (C=O) groups is 2. The zero-order chi connectivity index (χ0) is 24.1. The Kier molecular flexibility index (Phi) is 7.60. The third-order valence-corrected chi connectivity index (χ3v) is 4.26. The second-order valence-electron chi connectivity index (χ2n) is 7.64. The largest absolute Gasteiger partial charge is 0.542 e. The van der Waals surface area contributed by atoms with E-state index in [2.05, 4.69) is 10.4 Å². The summed E-state index contributed by atoms with van der Waals surface area (Å²) in [4.78, 5) is 20.3. The van der Waals surface area contributed by atoms with Crippen LogP contribution in [0.1, 0.15) is 29.8 Å². The molecule has 0 aliphatic carbocycles. The Morgan fingerprint density at radius 3 is 2.25 bits per heavy atom. The van der Waals surface area contributed by atoms with Gasteiger partial charge in [-0.05, 0) is 32.0 Å². The number of carboxylic acids is 1. The molecule has 0 saturated heterocycles. The van der Waals surface area contributed by atoms with Crippen LogP contribution in [0.2, 0.25) is 0 Å². The van der Waals surface area contributed by atoms with Crippen molar-refractivity contribution in [1.82, 2.24) is 9.78 Å². The molecule has 0 spiro atoms. The molecule has 8 nitrogen and oxygen atoms in total. The van der Waals surface area contributed by atoms with Crippen LogP contribution >= 0.6 is 0 Å². The number of nitrogens with zero attached hydrogens (tertiary/aromatic N) is 2. The van der Waals surface area contributed by atoms with Crippen molar-refractivity contribution in [2.75, 3.05) is 6.54 Å². The van der Waals surface area contributed by atoms with E-state index >= 15 is 0 Å². The molecule has 172 valence electrons. The molecule has 1 heterocycles. The van der Waals surface area contributed by atoms with E-state index in [-0.39, 0.29) is 0 Å². The molecular weight excluding hydrogens is 429 g/mol. The van der Waals surface area contributed by atoms with E-state index < -0.39 is 23.7 Å². The fourth-order valence-electron chi connectivity index (χ4n) is 2.75. The zero-order valence-electron chi connectivity index (χ0n) is 17.4. The lowest BCUT2D eigenvalue weighted by atomic mass is 10.1. The molecule has 0 saturated carbocycles. The molecule has 0 atom stereocenters. The SMILES string of the molecule is CC(C)(O)C[NH2+]Cc1ccc(-n2cc3cccc(C(N)=O)c3n2)cc1.O=C([O-])C(F)(F)F. The second-order valence-corrected chi connectivity index (χ2v) is 7.64. The number of carboxylic acid groups (broad SMARTS) is 1. The molecule has 3 aromatic rings. The lowest BCUT2D eigenvalue weighted by Crippen LogP contribution is -2.86. The molecule has 11 heteroatoms. The van der Waals surface area contributed by atoms with Crippen LogP contribution in [-0.2, 0) is 11.3 Å². The number of benzene rings is 2. The van der Waals surface area contributed by atoms with E-state index in [1.165, 1.54) is 5.56 Å². The number of quaternary nitrogens is 1. The molecule has 1 aromatic heterocycles. The summed E-state index contributed by atoms with van der Waals surface area (Å²) in [7, 11) is 0. The van der Waals surface area contributed by atoms with Crippen molar-refractivity contribution in [3.63, 3.8) is 0 Å². The van der Waals surface area contributed by atoms with Crippen molar-refractivity contribution in [2.45, 2.75) is 32.2 Å². The lowest BCUT2D eigenvalue weighted by molar-refractivity contribution is -0.681. The Morgan fingerprint density at radius 2 is 1.75 bits per heavy atom. The van der Waals surface area contributed by atoms with Crippen molar-refractivity contribution in [2.24, 2.45) is 5.73 Å². The Labute approximate surface area is 181 Å². The number of primary amides is 1. The van der Waals surface area contributed by atoms with Gasteiger partial charge in [0.2, 0.25) is 0 Å². The van der Waals surface area contributed by atoms with Crippen LogP contribution in [0.25, 0.3) is 16.6 Å². The van der Waals surface area contributed by atoms with Gasteiger partial charge in [0.05, 0.1) is 11.3 Å². The summed E-state index contributed by atoms with van der Waals surface area (Å²) in [6, 6.07) is 13.5. The highest BCUT2D eigenvalue weighted by Crippen LogP contribution is 2.19. The number of aliphatic hydroxyl groups is 1. The molecule has 32 heavy (non-hydrogen) atoms. The number of carbonyl (C=O) groups excluding carboxylic acids is 2. The maximum atomic E-state index is 11.5. The first-order valence-electron chi connectivity index (χ1n) is 9.47. The summed E-state index contributed by atoms with van der Waals surface area (Å²) in [6.45, 7) is 5.05. The molecule has 0 radical (unpaired) electrons. The Balaban J connectivity index is 0.000000451. The molecule has 0 aliphatic rings. The van der Waals surface area contributed by atoms with Crippen molar-refractivity contribution in [1.29, 1.82) is 0 Å². The summed E-state index contributed by atoms with van der Waals surface area (Å²) in [5, 5.41) is 26.0. The molecule has 1 amide bonds. The molecule has 5 N–H and O–H groups in total. The monoisotopic (exact) mass is 452 g/mol. The van der Waals surface area contributed by atoms with E-state index in [0.717, 1.165) is 17.6 Å². The Morgan fingerprint density at radius 1 is 1.16 bits per heavy atom. The molecule has 0 unspecified atom stereocenters. The first-order valence-corrected chi connectivity index (χ1v) is 9.47. The molecule has 3 rings (SSSR count). The van der Waals surface area contributed by atoms with Crippen LogP contribution in [0.4, 0.5) is 13.2 Å². The summed E-state index contributed by atoms with van der Waals surface area (Å²) >= 11 is 0. The lowest BCUT2D eigenvalue weighted by Gasteiger charge is -2.14. The van der Waals surface area contributed by atoms with E-state index in [0.29, 0.717) is 17.6 Å². The maximum absolute atomic E-state index is 11.5. The average Bonchev–Trinajstić information content (AvgIpc) is 3.11. The fraction of sp³-hybridized carbons (Fsp3) is 0.286. The maximum Gasteiger partial charge on any atom is 0.430 e. The van der Waals surface area contributed by atoms with Crippen molar-refractivity contribution in [3.8, 4) is 5.69 Å². The van der Waals surface area contributed by atoms with E-state index in [1.54, 1.807) is 30.7 Å². The molecule has 0 bridgehead atoms. The third-order valence-electron chi connectivity index (χ3n) is 4.26. The normalized spacial score (nSPS) is 11.7. The second kappa shape index (κ2) is 9.79. The number of amides is 1. The Hall–Kier alpha value is -3.44. The van der Waals surface area contributed by atoms with Gasteiger partial charge in [0, 0.05) is 17.1 Å². The Bertz CT molecular complexity index is 1090. The van der Waals surface area contributed by atoms with Gasteiger partial charge in [-0.15, -0.1) is 0 Å². The van der Waals surface area contributed by atoms with Gasteiger partial charge in [0.1, 0.15) is 30.2 Å². The van der Waals surface area contributed by atoms with Crippen LogP contribution < -0.4 is 16.2 Å². The van der Waals surface area contributed by atoms with E-state index in [9.17, 15) is 23.1 Å². The molecule has 0 aliphatic heterocycles. The first-order chi connectivity index (χ1) is 14.8. The van der Waals surface area contributed by atoms with E-state index in [1.807, 2.05) is 36.5 Å².